The van der Waals surface area contributed by atoms with Gasteiger partial charge in [0.2, 0.25) is 0 Å². The van der Waals surface area contributed by atoms with Crippen LogP contribution in [0.1, 0.15) is 20.8 Å². The van der Waals surface area contributed by atoms with Crippen molar-refractivity contribution in [3.63, 3.8) is 0 Å². The van der Waals surface area contributed by atoms with Crippen LogP contribution in [0.2, 0.25) is 0 Å². The van der Waals surface area contributed by atoms with Crippen LogP contribution in [-0.2, 0) is 0 Å². The number of alkyl halides is 3. The Kier molecular flexibility index (Phi) is 4.30. The zero-order chi connectivity index (χ0) is 16.4. The Morgan fingerprint density at radius 3 is 2.14 bits per heavy atom. The Hall–Kier alpha value is -2.24. The first-order valence-corrected chi connectivity index (χ1v) is 6.74. The Morgan fingerprint density at radius 1 is 0.955 bits per heavy atom. The van der Waals surface area contributed by atoms with Gasteiger partial charge in [-0.2, -0.15) is 0 Å². The fourth-order valence-corrected chi connectivity index (χ4v) is 1.88. The highest BCUT2D eigenvalue weighted by molar-refractivity contribution is 5.62. The molecule has 118 valence electrons. The summed E-state index contributed by atoms with van der Waals surface area (Å²) in [5, 5.41) is 3.25. The first-order chi connectivity index (χ1) is 10.1. The van der Waals surface area contributed by atoms with E-state index < -0.39 is 6.36 Å². The number of aromatic nitrogens is 1. The lowest BCUT2D eigenvalue weighted by Gasteiger charge is -2.21. The third-order valence-electron chi connectivity index (χ3n) is 2.64. The molecule has 0 saturated carbocycles. The van der Waals surface area contributed by atoms with E-state index in [0.29, 0.717) is 17.1 Å². The number of ether oxygens (including phenoxy) is 1. The van der Waals surface area contributed by atoms with Gasteiger partial charge < -0.3 is 10.1 Å². The minimum absolute atomic E-state index is 0.129. The summed E-state index contributed by atoms with van der Waals surface area (Å²) >= 11 is 0. The van der Waals surface area contributed by atoms with Crippen molar-refractivity contribution < 1.29 is 17.9 Å². The predicted octanol–water partition coefficient (Wildman–Crippen LogP) is 4.86. The van der Waals surface area contributed by atoms with E-state index in [0.717, 1.165) is 0 Å². The van der Waals surface area contributed by atoms with Crippen LogP contribution in [0.4, 0.5) is 19.0 Å². The van der Waals surface area contributed by atoms with Crippen molar-refractivity contribution in [2.75, 3.05) is 5.32 Å². The van der Waals surface area contributed by atoms with Crippen molar-refractivity contribution >= 4 is 5.82 Å². The number of rotatable bonds is 3. The van der Waals surface area contributed by atoms with Crippen molar-refractivity contribution in [3.05, 3.63) is 42.5 Å². The Balaban J connectivity index is 2.20. The lowest BCUT2D eigenvalue weighted by molar-refractivity contribution is -0.274. The van der Waals surface area contributed by atoms with Crippen molar-refractivity contribution in [2.24, 2.45) is 0 Å². The van der Waals surface area contributed by atoms with Gasteiger partial charge in [-0.05, 0) is 57.2 Å². The first-order valence-electron chi connectivity index (χ1n) is 6.74. The minimum Gasteiger partial charge on any atom is -0.406 e. The van der Waals surface area contributed by atoms with Crippen molar-refractivity contribution in [1.29, 1.82) is 0 Å². The van der Waals surface area contributed by atoms with E-state index >= 15 is 0 Å². The third-order valence-corrected chi connectivity index (χ3v) is 2.64. The molecule has 0 aliphatic rings. The molecule has 0 saturated heterocycles. The number of hydrogen-bond acceptors (Lipinski definition) is 3. The average molecular weight is 310 g/mol. The first kappa shape index (κ1) is 16.1. The molecule has 0 spiro atoms. The smallest absolute Gasteiger partial charge is 0.406 e. The van der Waals surface area contributed by atoms with E-state index in [2.05, 4.69) is 15.0 Å². The quantitative estimate of drug-likeness (QED) is 0.879. The third kappa shape index (κ3) is 4.95. The molecule has 0 aliphatic heterocycles. The second kappa shape index (κ2) is 5.87. The van der Waals surface area contributed by atoms with Gasteiger partial charge in [-0.15, -0.1) is 13.2 Å². The molecule has 0 fully saturated rings. The standard InChI is InChI=1S/C16H17F3N2O/c1-15(2,3)21-14-6-4-5-13(20-14)11-7-9-12(10-8-11)22-16(17,18)19/h4-10H,1-3H3,(H,20,21). The fourth-order valence-electron chi connectivity index (χ4n) is 1.88. The van der Waals surface area contributed by atoms with E-state index in [-0.39, 0.29) is 11.3 Å². The molecule has 2 rings (SSSR count). The molecule has 0 radical (unpaired) electrons. The van der Waals surface area contributed by atoms with Crippen molar-refractivity contribution in [2.45, 2.75) is 32.7 Å². The second-order valence-corrected chi connectivity index (χ2v) is 5.86. The topological polar surface area (TPSA) is 34.1 Å². The molecule has 0 atom stereocenters. The largest absolute Gasteiger partial charge is 0.573 e. The van der Waals surface area contributed by atoms with E-state index in [1.54, 1.807) is 18.2 Å². The van der Waals surface area contributed by atoms with Gasteiger partial charge in [-0.25, -0.2) is 4.98 Å². The number of nitrogens with one attached hydrogen (secondary N) is 1. The van der Waals surface area contributed by atoms with Crippen LogP contribution >= 0.6 is 0 Å². The maximum Gasteiger partial charge on any atom is 0.573 e. The lowest BCUT2D eigenvalue weighted by Crippen LogP contribution is -2.26. The fraction of sp³-hybridized carbons (Fsp3) is 0.312. The van der Waals surface area contributed by atoms with Crippen molar-refractivity contribution in [3.8, 4) is 17.0 Å². The zero-order valence-electron chi connectivity index (χ0n) is 12.5. The van der Waals surface area contributed by atoms with Crippen molar-refractivity contribution in [1.82, 2.24) is 4.98 Å². The Bertz CT molecular complexity index is 631. The minimum atomic E-state index is -4.68. The SMILES string of the molecule is CC(C)(C)Nc1cccc(-c2ccc(OC(F)(F)F)cc2)n1. The highest BCUT2D eigenvalue weighted by Gasteiger charge is 2.30. The van der Waals surface area contributed by atoms with Gasteiger partial charge in [-0.3, -0.25) is 0 Å². The van der Waals surface area contributed by atoms with E-state index in [4.69, 9.17) is 0 Å². The predicted molar refractivity (Wildman–Crippen MR) is 79.7 cm³/mol. The summed E-state index contributed by atoms with van der Waals surface area (Å²) in [6, 6.07) is 11.1. The van der Waals surface area contributed by atoms with Gasteiger partial charge in [0.25, 0.3) is 0 Å². The monoisotopic (exact) mass is 310 g/mol. The van der Waals surface area contributed by atoms with Gasteiger partial charge in [0.1, 0.15) is 11.6 Å². The van der Waals surface area contributed by atoms with Gasteiger partial charge in [0.15, 0.2) is 0 Å². The summed E-state index contributed by atoms with van der Waals surface area (Å²) in [7, 11) is 0. The summed E-state index contributed by atoms with van der Waals surface area (Å²) in [6.45, 7) is 6.06. The van der Waals surface area contributed by atoms with Gasteiger partial charge in [0.05, 0.1) is 5.69 Å². The average Bonchev–Trinajstić information content (AvgIpc) is 2.36. The number of nitrogens with zero attached hydrogens (tertiary/aromatic N) is 1. The van der Waals surface area contributed by atoms with E-state index in [1.807, 2.05) is 32.9 Å². The molecule has 1 heterocycles. The number of hydrogen-bond donors (Lipinski definition) is 1. The summed E-state index contributed by atoms with van der Waals surface area (Å²) in [4.78, 5) is 4.46. The van der Waals surface area contributed by atoms with Gasteiger partial charge in [-0.1, -0.05) is 6.07 Å². The summed E-state index contributed by atoms with van der Waals surface area (Å²) in [5.41, 5.74) is 1.26. The molecule has 22 heavy (non-hydrogen) atoms. The molecule has 0 unspecified atom stereocenters. The van der Waals surface area contributed by atoms with E-state index in [1.165, 1.54) is 12.1 Å². The summed E-state index contributed by atoms with van der Waals surface area (Å²) in [6.07, 6.45) is -4.68. The summed E-state index contributed by atoms with van der Waals surface area (Å²) < 4.78 is 40.2. The molecule has 0 bridgehead atoms. The number of benzene rings is 1. The van der Waals surface area contributed by atoms with Gasteiger partial charge >= 0.3 is 6.36 Å². The van der Waals surface area contributed by atoms with Crippen LogP contribution in [0, 0.1) is 0 Å². The molecule has 2 aromatic rings. The maximum atomic E-state index is 12.1. The molecule has 0 aliphatic carbocycles. The van der Waals surface area contributed by atoms with Crippen LogP contribution in [0.15, 0.2) is 42.5 Å². The Morgan fingerprint density at radius 2 is 1.59 bits per heavy atom. The van der Waals surface area contributed by atoms with Crippen LogP contribution in [0.5, 0.6) is 5.75 Å². The Labute approximate surface area is 127 Å². The molecular formula is C16H17F3N2O. The van der Waals surface area contributed by atoms with E-state index in [9.17, 15) is 13.2 Å². The van der Waals surface area contributed by atoms with Crippen LogP contribution in [-0.4, -0.2) is 16.9 Å². The lowest BCUT2D eigenvalue weighted by atomic mass is 10.1. The maximum absolute atomic E-state index is 12.1. The van der Waals surface area contributed by atoms with Crippen LogP contribution in [0.25, 0.3) is 11.3 Å². The number of halogens is 3. The summed E-state index contributed by atoms with van der Waals surface area (Å²) in [5.74, 6) is 0.459. The van der Waals surface area contributed by atoms with Gasteiger partial charge in [0, 0.05) is 11.1 Å². The van der Waals surface area contributed by atoms with Crippen LogP contribution < -0.4 is 10.1 Å². The zero-order valence-corrected chi connectivity index (χ0v) is 12.5. The molecule has 6 heteroatoms. The molecule has 3 nitrogen and oxygen atoms in total. The molecular weight excluding hydrogens is 293 g/mol. The molecule has 0 amide bonds. The highest BCUT2D eigenvalue weighted by Crippen LogP contribution is 2.26. The molecule has 1 aromatic heterocycles. The molecule has 1 N–H and O–H groups in total. The number of pyridine rings is 1. The second-order valence-electron chi connectivity index (χ2n) is 5.86. The number of anilines is 1. The highest BCUT2D eigenvalue weighted by atomic mass is 19.4. The molecule has 1 aromatic carbocycles. The normalized spacial score (nSPS) is 12.1. The van der Waals surface area contributed by atoms with Crippen LogP contribution in [0.3, 0.4) is 0 Å².